The van der Waals surface area contributed by atoms with Crippen molar-refractivity contribution in [3.8, 4) is 0 Å². The highest BCUT2D eigenvalue weighted by atomic mass is 16.1. The maximum absolute atomic E-state index is 11.2. The lowest BCUT2D eigenvalue weighted by Crippen LogP contribution is -1.91. The van der Waals surface area contributed by atoms with Gasteiger partial charge in [-0.2, -0.15) is 0 Å². The molecule has 0 spiro atoms. The largest absolute Gasteiger partial charge is 0.398 e. The predicted octanol–water partition coefficient (Wildman–Crippen LogP) is 3.98. The SMILES string of the molecule is Nc1ccc2ccc3ccc(C=O)c4ccc1c2c34. The average molecular weight is 245 g/mol. The Labute approximate surface area is 109 Å². The summed E-state index contributed by atoms with van der Waals surface area (Å²) in [4.78, 5) is 11.2. The number of carbonyl (C=O) groups excluding carboxylic acids is 1. The Balaban J connectivity index is 2.43. The molecular formula is C17H11NO. The van der Waals surface area contributed by atoms with Gasteiger partial charge in [-0.15, -0.1) is 0 Å². The summed E-state index contributed by atoms with van der Waals surface area (Å²) in [6.07, 6.45) is 0.912. The van der Waals surface area contributed by atoms with Crippen LogP contribution in [0, 0.1) is 0 Å². The highest BCUT2D eigenvalue weighted by Crippen LogP contribution is 2.37. The van der Waals surface area contributed by atoms with Gasteiger partial charge in [-0.3, -0.25) is 4.79 Å². The number of hydrogen-bond acceptors (Lipinski definition) is 2. The van der Waals surface area contributed by atoms with Crippen LogP contribution in [0.15, 0.2) is 48.5 Å². The summed E-state index contributed by atoms with van der Waals surface area (Å²) in [5.74, 6) is 0. The molecule has 0 aliphatic carbocycles. The molecule has 90 valence electrons. The van der Waals surface area contributed by atoms with E-state index in [0.717, 1.165) is 49.9 Å². The molecule has 0 radical (unpaired) electrons. The van der Waals surface area contributed by atoms with Crippen LogP contribution in [0.5, 0.6) is 0 Å². The van der Waals surface area contributed by atoms with Crippen LogP contribution in [0.4, 0.5) is 5.69 Å². The lowest BCUT2D eigenvalue weighted by Gasteiger charge is -2.13. The second-order valence-electron chi connectivity index (χ2n) is 4.85. The van der Waals surface area contributed by atoms with Gasteiger partial charge in [0.25, 0.3) is 0 Å². The fourth-order valence-electron chi connectivity index (χ4n) is 2.95. The lowest BCUT2D eigenvalue weighted by atomic mass is 9.91. The molecule has 0 aliphatic heterocycles. The average Bonchev–Trinajstić information content (AvgIpc) is 2.46. The Hall–Kier alpha value is -2.61. The Morgan fingerprint density at radius 3 is 2.05 bits per heavy atom. The molecule has 0 aliphatic rings. The maximum Gasteiger partial charge on any atom is 0.150 e. The van der Waals surface area contributed by atoms with Crippen LogP contribution in [0.2, 0.25) is 0 Å². The standard InChI is InChI=1S/C17H11NO/c18-15-8-5-11-2-1-10-3-4-12(9-19)13-6-7-14(15)17(11)16(10)13/h1-9H,18H2. The first kappa shape index (κ1) is 10.3. The number of carbonyl (C=O) groups is 1. The Kier molecular flexibility index (Phi) is 1.88. The number of nitrogens with two attached hydrogens (primary N) is 1. The number of benzene rings is 4. The molecule has 0 saturated heterocycles. The van der Waals surface area contributed by atoms with E-state index >= 15 is 0 Å². The molecular weight excluding hydrogens is 234 g/mol. The second kappa shape index (κ2) is 3.45. The van der Waals surface area contributed by atoms with Crippen molar-refractivity contribution in [2.24, 2.45) is 0 Å². The van der Waals surface area contributed by atoms with E-state index in [-0.39, 0.29) is 0 Å². The molecule has 0 amide bonds. The maximum atomic E-state index is 11.2. The van der Waals surface area contributed by atoms with Gasteiger partial charge in [0.1, 0.15) is 0 Å². The van der Waals surface area contributed by atoms with Crippen molar-refractivity contribution < 1.29 is 4.79 Å². The predicted molar refractivity (Wildman–Crippen MR) is 79.9 cm³/mol. The molecule has 0 fully saturated rings. The quantitative estimate of drug-likeness (QED) is 0.313. The van der Waals surface area contributed by atoms with Crippen LogP contribution < -0.4 is 5.73 Å². The van der Waals surface area contributed by atoms with E-state index < -0.39 is 0 Å². The number of aldehydes is 1. The smallest absolute Gasteiger partial charge is 0.150 e. The second-order valence-corrected chi connectivity index (χ2v) is 4.85. The van der Waals surface area contributed by atoms with Crippen molar-refractivity contribution in [2.45, 2.75) is 0 Å². The van der Waals surface area contributed by atoms with Crippen LogP contribution in [-0.4, -0.2) is 6.29 Å². The first-order chi connectivity index (χ1) is 9.29. The summed E-state index contributed by atoms with van der Waals surface area (Å²) >= 11 is 0. The zero-order valence-electron chi connectivity index (χ0n) is 10.2. The van der Waals surface area contributed by atoms with Gasteiger partial charge in [0, 0.05) is 16.6 Å². The molecule has 0 unspecified atom stereocenters. The Bertz CT molecular complexity index is 940. The van der Waals surface area contributed by atoms with E-state index in [1.165, 1.54) is 0 Å². The number of anilines is 1. The zero-order chi connectivity index (χ0) is 13.0. The summed E-state index contributed by atoms with van der Waals surface area (Å²) in [6, 6.07) is 16.0. The summed E-state index contributed by atoms with van der Waals surface area (Å²) in [5.41, 5.74) is 7.57. The van der Waals surface area contributed by atoms with E-state index in [0.29, 0.717) is 0 Å². The van der Waals surface area contributed by atoms with Crippen molar-refractivity contribution in [2.75, 3.05) is 5.73 Å². The van der Waals surface area contributed by atoms with Gasteiger partial charge in [0.05, 0.1) is 0 Å². The zero-order valence-corrected chi connectivity index (χ0v) is 10.2. The van der Waals surface area contributed by atoms with Crippen molar-refractivity contribution in [3.05, 3.63) is 54.1 Å². The van der Waals surface area contributed by atoms with Gasteiger partial charge in [0.2, 0.25) is 0 Å². The highest BCUT2D eigenvalue weighted by molar-refractivity contribution is 6.26. The highest BCUT2D eigenvalue weighted by Gasteiger charge is 2.11. The molecule has 2 heteroatoms. The van der Waals surface area contributed by atoms with Gasteiger partial charge in [0.15, 0.2) is 6.29 Å². The molecule has 4 rings (SSSR count). The molecule has 4 aromatic carbocycles. The van der Waals surface area contributed by atoms with Crippen LogP contribution >= 0.6 is 0 Å². The summed E-state index contributed by atoms with van der Waals surface area (Å²) in [6.45, 7) is 0. The number of rotatable bonds is 1. The topological polar surface area (TPSA) is 43.1 Å². The molecule has 2 nitrogen and oxygen atoms in total. The molecule has 19 heavy (non-hydrogen) atoms. The summed E-state index contributed by atoms with van der Waals surface area (Å²) in [5, 5.41) is 6.63. The monoisotopic (exact) mass is 245 g/mol. The van der Waals surface area contributed by atoms with E-state index in [2.05, 4.69) is 12.1 Å². The minimum absolute atomic E-state index is 0.726. The molecule has 0 bridgehead atoms. The Morgan fingerprint density at radius 2 is 1.32 bits per heavy atom. The Morgan fingerprint density at radius 1 is 0.737 bits per heavy atom. The van der Waals surface area contributed by atoms with Gasteiger partial charge in [-0.25, -0.2) is 0 Å². The van der Waals surface area contributed by atoms with Gasteiger partial charge in [-0.05, 0) is 33.0 Å². The fourth-order valence-corrected chi connectivity index (χ4v) is 2.95. The summed E-state index contributed by atoms with van der Waals surface area (Å²) in [7, 11) is 0. The fraction of sp³-hybridized carbons (Fsp3) is 0. The minimum Gasteiger partial charge on any atom is -0.398 e. The van der Waals surface area contributed by atoms with E-state index in [1.807, 2.05) is 36.4 Å². The third-order valence-electron chi connectivity index (χ3n) is 3.86. The molecule has 2 N–H and O–H groups in total. The molecule has 4 aromatic rings. The molecule has 0 saturated carbocycles. The van der Waals surface area contributed by atoms with Crippen molar-refractivity contribution in [1.29, 1.82) is 0 Å². The third kappa shape index (κ3) is 1.23. The van der Waals surface area contributed by atoms with Crippen LogP contribution in [0.25, 0.3) is 32.3 Å². The van der Waals surface area contributed by atoms with Gasteiger partial charge >= 0.3 is 0 Å². The molecule has 0 aromatic heterocycles. The van der Waals surface area contributed by atoms with E-state index in [9.17, 15) is 4.79 Å². The third-order valence-corrected chi connectivity index (χ3v) is 3.86. The van der Waals surface area contributed by atoms with E-state index in [1.54, 1.807) is 0 Å². The van der Waals surface area contributed by atoms with Crippen molar-refractivity contribution in [1.82, 2.24) is 0 Å². The molecule has 0 atom stereocenters. The summed E-state index contributed by atoms with van der Waals surface area (Å²) < 4.78 is 0. The first-order valence-corrected chi connectivity index (χ1v) is 6.21. The lowest BCUT2D eigenvalue weighted by molar-refractivity contribution is 0.112. The minimum atomic E-state index is 0.726. The normalized spacial score (nSPS) is 11.6. The number of hydrogen-bond donors (Lipinski definition) is 1. The van der Waals surface area contributed by atoms with Crippen molar-refractivity contribution >= 4 is 44.3 Å². The van der Waals surface area contributed by atoms with Crippen LogP contribution in [0.3, 0.4) is 0 Å². The number of nitrogen functional groups attached to an aromatic ring is 1. The van der Waals surface area contributed by atoms with Gasteiger partial charge < -0.3 is 5.73 Å². The van der Waals surface area contributed by atoms with Gasteiger partial charge in [-0.1, -0.05) is 42.5 Å². The molecule has 0 heterocycles. The first-order valence-electron chi connectivity index (χ1n) is 6.21. The van der Waals surface area contributed by atoms with E-state index in [4.69, 9.17) is 5.73 Å². The van der Waals surface area contributed by atoms with Crippen molar-refractivity contribution in [3.63, 3.8) is 0 Å². The van der Waals surface area contributed by atoms with Crippen LogP contribution in [-0.2, 0) is 0 Å². The van der Waals surface area contributed by atoms with Crippen LogP contribution in [0.1, 0.15) is 10.4 Å².